The Kier molecular flexibility index (Phi) is 6.79. The van der Waals surface area contributed by atoms with Gasteiger partial charge in [-0.1, -0.05) is 41.9 Å². The lowest BCUT2D eigenvalue weighted by molar-refractivity contribution is -0.114. The first-order valence-corrected chi connectivity index (χ1v) is 11.7. The zero-order chi connectivity index (χ0) is 22.0. The van der Waals surface area contributed by atoms with Crippen molar-refractivity contribution in [3.63, 3.8) is 0 Å². The molecule has 0 saturated carbocycles. The van der Waals surface area contributed by atoms with Crippen LogP contribution in [0, 0.1) is 3.57 Å². The molecule has 1 heterocycles. The molecule has 31 heavy (non-hydrogen) atoms. The molecule has 1 aliphatic rings. The number of carbonyl (C=O) groups is 1. The Morgan fingerprint density at radius 2 is 1.84 bits per heavy atom. The highest BCUT2D eigenvalue weighted by atomic mass is 127. The van der Waals surface area contributed by atoms with Crippen molar-refractivity contribution < 1.29 is 9.53 Å². The lowest BCUT2D eigenvalue weighted by Gasteiger charge is -2.12. The van der Waals surface area contributed by atoms with Crippen LogP contribution in [0.4, 0.5) is 5.69 Å². The van der Waals surface area contributed by atoms with Gasteiger partial charge >= 0.3 is 0 Å². The van der Waals surface area contributed by atoms with E-state index in [-0.39, 0.29) is 5.91 Å². The molecule has 156 valence electrons. The number of hydrogen-bond donors (Lipinski definition) is 0. The zero-order valence-corrected chi connectivity index (χ0v) is 21.0. The molecule has 0 aliphatic carbocycles. The van der Waals surface area contributed by atoms with Gasteiger partial charge in [-0.3, -0.25) is 4.79 Å². The minimum absolute atomic E-state index is 0.171. The van der Waals surface area contributed by atoms with E-state index in [1.165, 1.54) is 8.58 Å². The average molecular weight is 608 g/mol. The van der Waals surface area contributed by atoms with Crippen LogP contribution in [0.15, 0.2) is 81.9 Å². The molecule has 1 amide bonds. The van der Waals surface area contributed by atoms with E-state index in [1.54, 1.807) is 12.1 Å². The molecule has 3 aromatic rings. The Hall–Kier alpha value is -2.16. The third-order valence-electron chi connectivity index (χ3n) is 4.69. The van der Waals surface area contributed by atoms with E-state index in [4.69, 9.17) is 16.3 Å². The number of halogens is 3. The van der Waals surface area contributed by atoms with Gasteiger partial charge in [-0.05, 0) is 99.0 Å². The summed E-state index contributed by atoms with van der Waals surface area (Å²) in [5, 5.41) is 6.29. The first kappa shape index (κ1) is 22.0. The highest BCUT2D eigenvalue weighted by Gasteiger charge is 2.28. The van der Waals surface area contributed by atoms with Gasteiger partial charge in [0.1, 0.15) is 6.61 Å². The number of para-hydroxylation sites is 1. The monoisotopic (exact) mass is 606 g/mol. The summed E-state index contributed by atoms with van der Waals surface area (Å²) in [5.41, 5.74) is 3.75. The third-order valence-corrected chi connectivity index (χ3v) is 6.28. The molecule has 7 heteroatoms. The zero-order valence-electron chi connectivity index (χ0n) is 16.5. The number of carbonyl (C=O) groups excluding carboxylic acids is 1. The predicted molar refractivity (Wildman–Crippen MR) is 138 cm³/mol. The van der Waals surface area contributed by atoms with Gasteiger partial charge in [-0.25, -0.2) is 0 Å². The maximum Gasteiger partial charge on any atom is 0.280 e. The van der Waals surface area contributed by atoms with E-state index in [2.05, 4.69) is 43.6 Å². The summed E-state index contributed by atoms with van der Waals surface area (Å²) in [6.45, 7) is 2.23. The van der Waals surface area contributed by atoms with Crippen LogP contribution in [0.3, 0.4) is 0 Å². The van der Waals surface area contributed by atoms with Crippen molar-refractivity contribution in [1.82, 2.24) is 0 Å². The fourth-order valence-corrected chi connectivity index (χ4v) is 4.48. The van der Waals surface area contributed by atoms with Crippen LogP contribution < -0.4 is 9.75 Å². The number of hydrogen-bond acceptors (Lipinski definition) is 3. The van der Waals surface area contributed by atoms with Crippen molar-refractivity contribution >= 4 is 73.5 Å². The Morgan fingerprint density at radius 1 is 1.13 bits per heavy atom. The van der Waals surface area contributed by atoms with Crippen molar-refractivity contribution in [3.8, 4) is 5.75 Å². The first-order valence-electron chi connectivity index (χ1n) is 9.45. The van der Waals surface area contributed by atoms with E-state index in [0.29, 0.717) is 28.7 Å². The number of rotatable bonds is 5. The van der Waals surface area contributed by atoms with E-state index in [1.807, 2.05) is 67.6 Å². The predicted octanol–water partition coefficient (Wildman–Crippen LogP) is 7.09. The molecule has 0 fully saturated rings. The molecule has 0 bridgehead atoms. The van der Waals surface area contributed by atoms with Gasteiger partial charge < -0.3 is 4.74 Å². The van der Waals surface area contributed by atoms with Crippen LogP contribution in [0.2, 0.25) is 5.02 Å². The molecule has 0 saturated heterocycles. The summed E-state index contributed by atoms with van der Waals surface area (Å²) >= 11 is 12.3. The Labute approximate surface area is 207 Å². The van der Waals surface area contributed by atoms with E-state index < -0.39 is 0 Å². The van der Waals surface area contributed by atoms with Gasteiger partial charge in [0.25, 0.3) is 5.91 Å². The standard InChI is InChI=1S/C24H17BrClIN2O2/c1-15-20(24(30)29(28-15)19-5-3-2-4-6-19)11-17-12-21(25)23(22(26)13-17)31-14-16-7-9-18(27)10-8-16/h2-13H,14H2,1H3/b20-11+. The van der Waals surface area contributed by atoms with E-state index >= 15 is 0 Å². The molecule has 1 aliphatic heterocycles. The highest BCUT2D eigenvalue weighted by molar-refractivity contribution is 14.1. The topological polar surface area (TPSA) is 41.9 Å². The van der Waals surface area contributed by atoms with E-state index in [0.717, 1.165) is 21.3 Å². The quantitative estimate of drug-likeness (QED) is 0.230. The third kappa shape index (κ3) is 5.02. The van der Waals surface area contributed by atoms with Crippen LogP contribution >= 0.6 is 50.1 Å². The Bertz CT molecular complexity index is 1170. The normalized spacial score (nSPS) is 14.8. The van der Waals surface area contributed by atoms with Crippen LogP contribution in [0.25, 0.3) is 6.08 Å². The van der Waals surface area contributed by atoms with Gasteiger partial charge in [-0.2, -0.15) is 10.1 Å². The molecule has 4 rings (SSSR count). The van der Waals surface area contributed by atoms with Crippen molar-refractivity contribution in [2.24, 2.45) is 5.10 Å². The lowest BCUT2D eigenvalue weighted by atomic mass is 10.1. The summed E-state index contributed by atoms with van der Waals surface area (Å²) in [7, 11) is 0. The van der Waals surface area contributed by atoms with E-state index in [9.17, 15) is 4.79 Å². The van der Waals surface area contributed by atoms with Crippen LogP contribution in [0.5, 0.6) is 5.75 Å². The maximum atomic E-state index is 12.9. The van der Waals surface area contributed by atoms with Crippen molar-refractivity contribution in [2.75, 3.05) is 5.01 Å². The summed E-state index contributed by atoms with van der Waals surface area (Å²) in [6, 6.07) is 21.1. The SMILES string of the molecule is CC1=NN(c2ccccc2)C(=O)/C1=C/c1cc(Cl)c(OCc2ccc(I)cc2)c(Br)c1. The highest BCUT2D eigenvalue weighted by Crippen LogP contribution is 2.36. The van der Waals surface area contributed by atoms with Gasteiger partial charge in [0, 0.05) is 3.57 Å². The molecule has 0 atom stereocenters. The fourth-order valence-electron chi connectivity index (χ4n) is 3.13. The largest absolute Gasteiger partial charge is 0.486 e. The van der Waals surface area contributed by atoms with Gasteiger partial charge in [-0.15, -0.1) is 0 Å². The number of amides is 1. The minimum Gasteiger partial charge on any atom is -0.486 e. The number of anilines is 1. The smallest absolute Gasteiger partial charge is 0.280 e. The van der Waals surface area contributed by atoms with Crippen LogP contribution in [0.1, 0.15) is 18.1 Å². The number of ether oxygens (including phenoxy) is 1. The maximum absolute atomic E-state index is 12.9. The summed E-state index contributed by atoms with van der Waals surface area (Å²) in [4.78, 5) is 12.9. The molecular weight excluding hydrogens is 591 g/mol. The molecule has 0 N–H and O–H groups in total. The number of hydrazone groups is 1. The molecule has 4 nitrogen and oxygen atoms in total. The fraction of sp³-hybridized carbons (Fsp3) is 0.0833. The number of nitrogens with zero attached hydrogens (tertiary/aromatic N) is 2. The van der Waals surface area contributed by atoms with Crippen LogP contribution in [-0.4, -0.2) is 11.6 Å². The van der Waals surface area contributed by atoms with Gasteiger partial charge in [0.15, 0.2) is 5.75 Å². The van der Waals surface area contributed by atoms with Crippen molar-refractivity contribution in [2.45, 2.75) is 13.5 Å². The second kappa shape index (κ2) is 9.54. The second-order valence-corrected chi connectivity index (χ2v) is 9.43. The first-order chi connectivity index (χ1) is 14.9. The second-order valence-electron chi connectivity index (χ2n) is 6.92. The molecular formula is C24H17BrClIN2O2. The summed E-state index contributed by atoms with van der Waals surface area (Å²) < 4.78 is 7.82. The Balaban J connectivity index is 1.55. The summed E-state index contributed by atoms with van der Waals surface area (Å²) in [6.07, 6.45) is 1.80. The molecule has 0 aromatic heterocycles. The van der Waals surface area contributed by atoms with Gasteiger partial charge in [0.05, 0.1) is 26.5 Å². The number of benzene rings is 3. The average Bonchev–Trinajstić information content (AvgIpc) is 3.03. The molecule has 3 aromatic carbocycles. The minimum atomic E-state index is -0.171. The van der Waals surface area contributed by atoms with Crippen molar-refractivity contribution in [1.29, 1.82) is 0 Å². The summed E-state index contributed by atoms with van der Waals surface area (Å²) in [5.74, 6) is 0.395. The molecule has 0 radical (unpaired) electrons. The van der Waals surface area contributed by atoms with Crippen LogP contribution in [-0.2, 0) is 11.4 Å². The molecule has 0 unspecified atom stereocenters. The van der Waals surface area contributed by atoms with Gasteiger partial charge in [0.2, 0.25) is 0 Å². The molecule has 0 spiro atoms. The Morgan fingerprint density at radius 3 is 2.52 bits per heavy atom. The lowest BCUT2D eigenvalue weighted by Crippen LogP contribution is -2.21. The van der Waals surface area contributed by atoms with Crippen molar-refractivity contribution in [3.05, 3.63) is 96.5 Å².